The lowest BCUT2D eigenvalue weighted by molar-refractivity contribution is -1.03. The molecule has 18 heteroatoms. The molecule has 0 aliphatic carbocycles. The monoisotopic (exact) mass is 831 g/mol. The van der Waals surface area contributed by atoms with Crippen LogP contribution in [0.1, 0.15) is 25.7 Å². The first kappa shape index (κ1) is 47.4. The fourth-order valence-electron chi connectivity index (χ4n) is 9.44. The van der Waals surface area contributed by atoms with Crippen LogP contribution in [0.15, 0.2) is 0 Å². The van der Waals surface area contributed by atoms with Gasteiger partial charge >= 0.3 is 0 Å². The van der Waals surface area contributed by atoms with Crippen molar-refractivity contribution in [3.8, 4) is 0 Å². The maximum atomic E-state index is 6.61. The van der Waals surface area contributed by atoms with Crippen LogP contribution >= 0.6 is 36.4 Å². The van der Waals surface area contributed by atoms with Gasteiger partial charge in [-0.3, -0.25) is 0 Å². The van der Waals surface area contributed by atoms with Crippen LogP contribution in [0.5, 0.6) is 0 Å². The van der Waals surface area contributed by atoms with Gasteiger partial charge in [-0.15, -0.1) is 24.8 Å². The van der Waals surface area contributed by atoms with Gasteiger partial charge in [-0.1, -0.05) is 0 Å². The topological polar surface area (TPSA) is 69.2 Å². The summed E-state index contributed by atoms with van der Waals surface area (Å²) in [5.41, 5.74) is 0. The molecule has 0 atom stereocenters. The molecule has 4 spiro atoms. The van der Waals surface area contributed by atoms with Crippen LogP contribution in [-0.4, -0.2) is 190 Å². The molecule has 11 nitrogen and oxygen atoms in total. The number of nitrogens with one attached hydrogen (secondary N) is 2. The second-order valence-electron chi connectivity index (χ2n) is 15.0. The third kappa shape index (κ3) is 11.2. The molecule has 6 fully saturated rings. The van der Waals surface area contributed by atoms with Gasteiger partial charge in [0.05, 0.1) is 65.4 Å². The molecule has 0 radical (unpaired) electrons. The summed E-state index contributed by atoms with van der Waals surface area (Å²) in [6, 6.07) is 0. The van der Waals surface area contributed by atoms with Gasteiger partial charge in [0, 0.05) is 65.0 Å². The lowest BCUT2D eigenvalue weighted by Gasteiger charge is -2.49. The Labute approximate surface area is 337 Å². The molecule has 0 saturated carbocycles. The number of halogens is 7. The van der Waals surface area contributed by atoms with E-state index in [2.05, 4.69) is 30.4 Å². The molecule has 0 amide bonds. The van der Waals surface area contributed by atoms with Crippen molar-refractivity contribution in [2.75, 3.05) is 167 Å². The van der Waals surface area contributed by atoms with Crippen LogP contribution in [0.25, 0.3) is 0 Å². The summed E-state index contributed by atoms with van der Waals surface area (Å²) >= 11 is 6.61. The normalized spacial score (nSPS) is 33.5. The first-order chi connectivity index (χ1) is 21.0. The van der Waals surface area contributed by atoms with Crippen molar-refractivity contribution in [2.45, 2.75) is 25.7 Å². The molecule has 2 N–H and O–H groups in total. The SMILES string of the molecule is Cl.Cl.Clc1nc(N2CCC[N+]3(CC2)CC[N+]2(CCCNCC2)CC3)nc(N2CCC[N+]3(CC2)CC[N+]2(CCCNCC2)CC3)n1.[Cl-].[Cl-].[Cl-].[Cl-]. The highest BCUT2D eigenvalue weighted by molar-refractivity contribution is 6.28. The fraction of sp³-hybridized carbons (Fsp3) is 0.903. The molecule has 6 saturated heterocycles. The molecule has 288 valence electrons. The first-order valence-electron chi connectivity index (χ1n) is 17.7. The molecule has 7 rings (SSSR count). The maximum absolute atomic E-state index is 6.61. The summed E-state index contributed by atoms with van der Waals surface area (Å²) in [4.78, 5) is 19.3. The van der Waals surface area contributed by atoms with Crippen molar-refractivity contribution in [2.24, 2.45) is 0 Å². The van der Waals surface area contributed by atoms with Crippen LogP contribution in [0.4, 0.5) is 11.9 Å². The van der Waals surface area contributed by atoms with Gasteiger partial charge in [0.1, 0.15) is 52.4 Å². The van der Waals surface area contributed by atoms with Crippen molar-refractivity contribution >= 4 is 48.3 Å². The van der Waals surface area contributed by atoms with E-state index in [1.807, 2.05) is 0 Å². The van der Waals surface area contributed by atoms with Crippen LogP contribution < -0.4 is 70.1 Å². The van der Waals surface area contributed by atoms with Crippen LogP contribution in [0, 0.1) is 0 Å². The zero-order chi connectivity index (χ0) is 29.2. The Balaban J connectivity index is 0.00000200. The standard InChI is InChI=1S/C31H58ClN11.6ClH/c32-29-35-30(38-9-3-15-42(19-11-38)25-21-40(22-26-42)13-1-5-33-7-17-40)37-31(36-29)39-10-4-16-43(20-12-39)27-23-41(24-28-43)14-2-6-34-8-18-41;;;;;;/h33-34H,1-28H2;6*1H/q+4;;;;;;/p-4. The molecule has 6 aliphatic heterocycles. The summed E-state index contributed by atoms with van der Waals surface area (Å²) < 4.78 is 5.24. The van der Waals surface area contributed by atoms with Gasteiger partial charge < -0.3 is 88.0 Å². The minimum Gasteiger partial charge on any atom is -1.00 e. The summed E-state index contributed by atoms with van der Waals surface area (Å²) in [7, 11) is 0. The Morgan fingerprint density at radius 2 is 0.755 bits per heavy atom. The van der Waals surface area contributed by atoms with Crippen molar-refractivity contribution in [1.82, 2.24) is 25.6 Å². The summed E-state index contributed by atoms with van der Waals surface area (Å²) in [6.45, 7) is 29.8. The second kappa shape index (κ2) is 20.7. The molecule has 49 heavy (non-hydrogen) atoms. The minimum atomic E-state index is 0. The van der Waals surface area contributed by atoms with Crippen LogP contribution in [0.3, 0.4) is 0 Å². The molecular formula is C31H60Cl7N11. The molecule has 1 aromatic rings. The van der Waals surface area contributed by atoms with Gasteiger partial charge in [0.25, 0.3) is 0 Å². The Morgan fingerprint density at radius 1 is 0.408 bits per heavy atom. The van der Waals surface area contributed by atoms with E-state index in [-0.39, 0.29) is 74.4 Å². The van der Waals surface area contributed by atoms with Crippen molar-refractivity contribution in [3.63, 3.8) is 0 Å². The van der Waals surface area contributed by atoms with Crippen molar-refractivity contribution in [1.29, 1.82) is 0 Å². The third-order valence-electron chi connectivity index (χ3n) is 12.7. The van der Waals surface area contributed by atoms with E-state index in [0.717, 1.165) is 38.1 Å². The van der Waals surface area contributed by atoms with Crippen LogP contribution in [-0.2, 0) is 0 Å². The van der Waals surface area contributed by atoms with E-state index in [4.69, 9.17) is 16.6 Å². The van der Waals surface area contributed by atoms with Crippen molar-refractivity contribution in [3.05, 3.63) is 5.28 Å². The molecule has 0 unspecified atom stereocenters. The fourth-order valence-corrected chi connectivity index (χ4v) is 9.59. The Morgan fingerprint density at radius 3 is 1.14 bits per heavy atom. The van der Waals surface area contributed by atoms with Crippen LogP contribution in [0.2, 0.25) is 5.28 Å². The van der Waals surface area contributed by atoms with E-state index in [1.165, 1.54) is 175 Å². The number of piperazine rings is 2. The number of aromatic nitrogens is 3. The number of rotatable bonds is 2. The predicted octanol–water partition coefficient (Wildman–Crippen LogP) is -10.9. The summed E-state index contributed by atoms with van der Waals surface area (Å²) in [6.07, 6.45) is 5.04. The Hall–Kier alpha value is 0.400. The van der Waals surface area contributed by atoms with E-state index in [9.17, 15) is 0 Å². The minimum absolute atomic E-state index is 0. The van der Waals surface area contributed by atoms with Gasteiger partial charge in [-0.2, -0.15) is 15.0 Å². The average molecular weight is 835 g/mol. The zero-order valence-corrected chi connectivity index (χ0v) is 34.4. The lowest BCUT2D eigenvalue weighted by Crippen LogP contribution is -3.00. The highest BCUT2D eigenvalue weighted by atomic mass is 35.5. The quantitative estimate of drug-likeness (QED) is 0.288. The average Bonchev–Trinajstić information content (AvgIpc) is 3.56. The van der Waals surface area contributed by atoms with E-state index in [0.29, 0.717) is 5.28 Å². The van der Waals surface area contributed by atoms with Gasteiger partial charge in [-0.05, 0) is 11.6 Å². The van der Waals surface area contributed by atoms with E-state index in [1.54, 1.807) is 0 Å². The summed E-state index contributed by atoms with van der Waals surface area (Å²) in [5, 5.41) is 7.60. The Kier molecular flexibility index (Phi) is 20.1. The molecule has 6 aliphatic rings. The van der Waals surface area contributed by atoms with Gasteiger partial charge in [0.15, 0.2) is 0 Å². The zero-order valence-electron chi connectivity index (χ0n) is 29.0. The largest absolute Gasteiger partial charge is 1.00 e. The van der Waals surface area contributed by atoms with E-state index >= 15 is 0 Å². The first-order valence-corrected chi connectivity index (χ1v) is 18.1. The molecule has 7 heterocycles. The highest BCUT2D eigenvalue weighted by Gasteiger charge is 2.44. The molecule has 0 aromatic carbocycles. The second-order valence-corrected chi connectivity index (χ2v) is 15.4. The van der Waals surface area contributed by atoms with Gasteiger partial charge in [-0.25, -0.2) is 0 Å². The third-order valence-corrected chi connectivity index (χ3v) is 12.8. The predicted molar refractivity (Wildman–Crippen MR) is 187 cm³/mol. The number of hydrogen-bond acceptors (Lipinski definition) is 7. The van der Waals surface area contributed by atoms with Gasteiger partial charge in [0.2, 0.25) is 17.2 Å². The smallest absolute Gasteiger partial charge is 0.231 e. The highest BCUT2D eigenvalue weighted by Crippen LogP contribution is 2.27. The number of quaternary nitrogens is 4. The summed E-state index contributed by atoms with van der Waals surface area (Å²) in [5.74, 6) is 1.59. The van der Waals surface area contributed by atoms with Crippen molar-refractivity contribution < 1.29 is 67.6 Å². The molecule has 0 bridgehead atoms. The number of nitrogens with zero attached hydrogens (tertiary/aromatic N) is 9. The number of hydrogen-bond donors (Lipinski definition) is 2. The Bertz CT molecular complexity index is 1010. The number of anilines is 2. The maximum Gasteiger partial charge on any atom is 0.231 e. The molecule has 1 aromatic heterocycles. The molecular weight excluding hydrogens is 775 g/mol. The lowest BCUT2D eigenvalue weighted by atomic mass is 10.1. The van der Waals surface area contributed by atoms with E-state index < -0.39 is 0 Å².